The molecule has 1 fully saturated rings. The Hall–Kier alpha value is -2.73. The highest BCUT2D eigenvalue weighted by molar-refractivity contribution is 5.84. The van der Waals surface area contributed by atoms with Crippen molar-refractivity contribution < 1.29 is 0 Å². The summed E-state index contributed by atoms with van der Waals surface area (Å²) in [6, 6.07) is 20.9. The first-order chi connectivity index (χ1) is 10.9. The predicted molar refractivity (Wildman–Crippen MR) is 85.3 cm³/mol. The van der Waals surface area contributed by atoms with Gasteiger partial charge in [-0.25, -0.2) is 0 Å². The van der Waals surface area contributed by atoms with Crippen molar-refractivity contribution in [1.29, 1.82) is 5.26 Å². The summed E-state index contributed by atoms with van der Waals surface area (Å²) in [7, 11) is 0. The lowest BCUT2D eigenvalue weighted by atomic mass is 9.89. The molecule has 0 spiro atoms. The summed E-state index contributed by atoms with van der Waals surface area (Å²) < 4.78 is 0. The minimum Gasteiger partial charge on any atom is -0.192 e. The van der Waals surface area contributed by atoms with Crippen LogP contribution in [0.1, 0.15) is 29.5 Å². The number of azo groups is 1. The number of nitriles is 1. The Morgan fingerprint density at radius 1 is 0.864 bits per heavy atom. The Balaban J connectivity index is 1.90. The molecule has 4 rings (SSSR count). The van der Waals surface area contributed by atoms with Gasteiger partial charge in [0, 0.05) is 0 Å². The fourth-order valence-corrected chi connectivity index (χ4v) is 3.40. The molecule has 2 aromatic rings. The minimum atomic E-state index is 0.232. The summed E-state index contributed by atoms with van der Waals surface area (Å²) in [5.41, 5.74) is 5.61. The minimum absolute atomic E-state index is 0.232. The third-order valence-electron chi connectivity index (χ3n) is 4.43. The van der Waals surface area contributed by atoms with E-state index in [1.165, 1.54) is 16.7 Å². The Morgan fingerprint density at radius 3 is 2.00 bits per heavy atom. The number of nitrogens with zero attached hydrogens (tertiary/aromatic N) is 3. The van der Waals surface area contributed by atoms with E-state index in [1.54, 1.807) is 0 Å². The van der Waals surface area contributed by atoms with Crippen LogP contribution in [0.25, 0.3) is 5.57 Å². The van der Waals surface area contributed by atoms with Crippen molar-refractivity contribution >= 4 is 5.57 Å². The van der Waals surface area contributed by atoms with Gasteiger partial charge in [-0.05, 0) is 47.2 Å². The van der Waals surface area contributed by atoms with E-state index in [0.29, 0.717) is 5.56 Å². The zero-order valence-electron chi connectivity index (χ0n) is 12.1. The molecule has 2 aromatic carbocycles. The van der Waals surface area contributed by atoms with Crippen LogP contribution in [-0.4, -0.2) is 12.1 Å². The van der Waals surface area contributed by atoms with Crippen LogP contribution in [0.5, 0.6) is 0 Å². The third-order valence-corrected chi connectivity index (χ3v) is 4.43. The number of fused-ring (bicyclic) bond motifs is 2. The highest BCUT2D eigenvalue weighted by Crippen LogP contribution is 2.43. The Bertz CT molecular complexity index is 779. The van der Waals surface area contributed by atoms with Gasteiger partial charge in [0.15, 0.2) is 0 Å². The lowest BCUT2D eigenvalue weighted by Gasteiger charge is -2.14. The Kier molecular flexibility index (Phi) is 3.08. The predicted octanol–water partition coefficient (Wildman–Crippen LogP) is 4.36. The Labute approximate surface area is 129 Å². The summed E-state index contributed by atoms with van der Waals surface area (Å²) in [5, 5.41) is 17.8. The topological polar surface area (TPSA) is 48.5 Å². The first-order valence-electron chi connectivity index (χ1n) is 7.57. The molecular formula is C19H15N3. The molecule has 3 nitrogen and oxygen atoms in total. The lowest BCUT2D eigenvalue weighted by molar-refractivity contribution is 0.643. The molecule has 0 saturated heterocycles. The summed E-state index contributed by atoms with van der Waals surface area (Å²) in [5.74, 6) is 0. The van der Waals surface area contributed by atoms with E-state index in [4.69, 9.17) is 5.26 Å². The molecule has 1 aliphatic heterocycles. The second kappa shape index (κ2) is 5.23. The number of hydrogen-bond acceptors (Lipinski definition) is 3. The van der Waals surface area contributed by atoms with Crippen LogP contribution in [0.4, 0.5) is 0 Å². The van der Waals surface area contributed by atoms with Crippen molar-refractivity contribution in [2.45, 2.75) is 24.9 Å². The van der Waals surface area contributed by atoms with Gasteiger partial charge in [-0.15, -0.1) is 0 Å². The van der Waals surface area contributed by atoms with Crippen LogP contribution in [0.2, 0.25) is 0 Å². The van der Waals surface area contributed by atoms with E-state index in [0.717, 1.165) is 18.4 Å². The van der Waals surface area contributed by atoms with Crippen LogP contribution in [0.15, 0.2) is 70.4 Å². The molecule has 2 bridgehead atoms. The maximum Gasteiger partial charge on any atom is 0.0991 e. The molecule has 1 heterocycles. The van der Waals surface area contributed by atoms with Crippen LogP contribution >= 0.6 is 0 Å². The molecule has 2 atom stereocenters. The number of rotatable bonds is 2. The normalized spacial score (nSPS) is 21.9. The van der Waals surface area contributed by atoms with Gasteiger partial charge in [0.05, 0.1) is 23.7 Å². The monoisotopic (exact) mass is 285 g/mol. The molecule has 2 unspecified atom stereocenters. The first-order valence-corrected chi connectivity index (χ1v) is 7.57. The van der Waals surface area contributed by atoms with E-state index >= 15 is 0 Å². The van der Waals surface area contributed by atoms with Crippen molar-refractivity contribution in [2.75, 3.05) is 0 Å². The van der Waals surface area contributed by atoms with Gasteiger partial charge in [0.1, 0.15) is 0 Å². The van der Waals surface area contributed by atoms with Crippen LogP contribution in [0.3, 0.4) is 0 Å². The first kappa shape index (κ1) is 13.0. The van der Waals surface area contributed by atoms with Gasteiger partial charge in [0.25, 0.3) is 0 Å². The van der Waals surface area contributed by atoms with E-state index in [-0.39, 0.29) is 12.1 Å². The average Bonchev–Trinajstić information content (AvgIpc) is 3.17. The molecule has 0 amide bonds. The number of hydrogen-bond donors (Lipinski definition) is 0. The zero-order valence-corrected chi connectivity index (χ0v) is 12.1. The molecule has 0 radical (unpaired) electrons. The highest BCUT2D eigenvalue weighted by atomic mass is 15.2. The fourth-order valence-electron chi connectivity index (χ4n) is 3.40. The summed E-state index contributed by atoms with van der Waals surface area (Å²) in [6.45, 7) is 0. The van der Waals surface area contributed by atoms with Gasteiger partial charge in [-0.2, -0.15) is 15.5 Å². The number of benzene rings is 2. The molecule has 0 aromatic heterocycles. The van der Waals surface area contributed by atoms with E-state index in [2.05, 4.69) is 40.6 Å². The smallest absolute Gasteiger partial charge is 0.0991 e. The molecule has 0 N–H and O–H groups in total. The van der Waals surface area contributed by atoms with Crippen molar-refractivity contribution in [1.82, 2.24) is 0 Å². The van der Waals surface area contributed by atoms with Gasteiger partial charge >= 0.3 is 0 Å². The maximum absolute atomic E-state index is 9.00. The van der Waals surface area contributed by atoms with Crippen molar-refractivity contribution in [3.05, 3.63) is 76.9 Å². The van der Waals surface area contributed by atoms with Gasteiger partial charge in [0.2, 0.25) is 0 Å². The molecular weight excluding hydrogens is 270 g/mol. The highest BCUT2D eigenvalue weighted by Gasteiger charge is 2.38. The molecule has 3 heteroatoms. The second-order valence-electron chi connectivity index (χ2n) is 5.73. The summed E-state index contributed by atoms with van der Waals surface area (Å²) in [6.07, 6.45) is 2.19. The maximum atomic E-state index is 9.00. The molecule has 1 saturated carbocycles. The lowest BCUT2D eigenvalue weighted by Crippen LogP contribution is -2.05. The molecule has 2 aliphatic rings. The third kappa shape index (κ3) is 2.05. The van der Waals surface area contributed by atoms with Gasteiger partial charge in [-0.3, -0.25) is 0 Å². The molecule has 22 heavy (non-hydrogen) atoms. The van der Waals surface area contributed by atoms with Crippen LogP contribution < -0.4 is 0 Å². The van der Waals surface area contributed by atoms with Crippen LogP contribution in [0, 0.1) is 11.3 Å². The Morgan fingerprint density at radius 2 is 1.45 bits per heavy atom. The van der Waals surface area contributed by atoms with Gasteiger partial charge in [-0.1, -0.05) is 42.5 Å². The van der Waals surface area contributed by atoms with Crippen LogP contribution in [-0.2, 0) is 0 Å². The van der Waals surface area contributed by atoms with Crippen molar-refractivity contribution in [2.24, 2.45) is 10.2 Å². The molecule has 1 aliphatic carbocycles. The average molecular weight is 285 g/mol. The quantitative estimate of drug-likeness (QED) is 0.808. The second-order valence-corrected chi connectivity index (χ2v) is 5.73. The van der Waals surface area contributed by atoms with Crippen molar-refractivity contribution in [3.8, 4) is 6.07 Å². The van der Waals surface area contributed by atoms with E-state index in [1.807, 2.05) is 30.3 Å². The SMILES string of the molecule is N#Cc1ccc(C(=C2C3CCC2N=N3)c2ccccc2)cc1. The van der Waals surface area contributed by atoms with Crippen molar-refractivity contribution in [3.63, 3.8) is 0 Å². The summed E-state index contributed by atoms with van der Waals surface area (Å²) >= 11 is 0. The fraction of sp³-hybridized carbons (Fsp3) is 0.211. The largest absolute Gasteiger partial charge is 0.192 e. The summed E-state index contributed by atoms with van der Waals surface area (Å²) in [4.78, 5) is 0. The molecule has 106 valence electrons. The van der Waals surface area contributed by atoms with E-state index < -0.39 is 0 Å². The zero-order chi connectivity index (χ0) is 14.9. The van der Waals surface area contributed by atoms with Gasteiger partial charge < -0.3 is 0 Å². The van der Waals surface area contributed by atoms with E-state index in [9.17, 15) is 0 Å². The standard InChI is InChI=1S/C19H15N3/c20-12-13-6-8-15(9-7-13)18(14-4-2-1-3-5-14)19-16-10-11-17(19)22-21-16/h1-9,16-17H,10-11H2.